The van der Waals surface area contributed by atoms with Gasteiger partial charge in [-0.15, -0.1) is 0 Å². The van der Waals surface area contributed by atoms with Crippen LogP contribution in [0.1, 0.15) is 20.8 Å². The summed E-state index contributed by atoms with van der Waals surface area (Å²) in [6.07, 6.45) is 0. The van der Waals surface area contributed by atoms with Crippen LogP contribution in [0.3, 0.4) is 0 Å². The van der Waals surface area contributed by atoms with Gasteiger partial charge >= 0.3 is 0 Å². The van der Waals surface area contributed by atoms with Crippen LogP contribution in [0.5, 0.6) is 0 Å². The molecule has 0 aliphatic carbocycles. The zero-order valence-corrected chi connectivity index (χ0v) is 5.73. The molecule has 0 aromatic heterocycles. The van der Waals surface area contributed by atoms with Gasteiger partial charge in [-0.2, -0.15) is 5.26 Å². The first kappa shape index (κ1) is 7.45. The third kappa shape index (κ3) is 1.51. The van der Waals surface area contributed by atoms with Crippen LogP contribution in [0.25, 0.3) is 0 Å². The first-order valence-corrected chi connectivity index (χ1v) is 2.77. The second-order valence-corrected chi connectivity index (χ2v) is 2.68. The number of quaternary nitrogens is 1. The Morgan fingerprint density at radius 3 is 2.00 bits per heavy atom. The zero-order chi connectivity index (χ0) is 6.78. The van der Waals surface area contributed by atoms with Gasteiger partial charge in [0.2, 0.25) is 0 Å². The summed E-state index contributed by atoms with van der Waals surface area (Å²) < 4.78 is 0. The Morgan fingerprint density at radius 2 is 2.00 bits per heavy atom. The second kappa shape index (κ2) is 2.15. The van der Waals surface area contributed by atoms with Crippen LogP contribution in [0.2, 0.25) is 0 Å². The molecule has 2 heteroatoms. The maximum Gasteiger partial charge on any atom is 0.181 e. The smallest absolute Gasteiger partial charge is 0.181 e. The molecule has 0 aliphatic heterocycles. The summed E-state index contributed by atoms with van der Waals surface area (Å²) in [5, 5.41) is 8.45. The number of hydrogen-bond donors (Lipinski definition) is 1. The highest BCUT2D eigenvalue weighted by molar-refractivity contribution is 4.96. The van der Waals surface area contributed by atoms with Crippen LogP contribution in [0.15, 0.2) is 0 Å². The van der Waals surface area contributed by atoms with Gasteiger partial charge in [-0.3, -0.25) is 0 Å². The van der Waals surface area contributed by atoms with Crippen molar-refractivity contribution >= 4 is 0 Å². The van der Waals surface area contributed by atoms with Gasteiger partial charge in [0, 0.05) is 12.8 Å². The Balaban J connectivity index is 3.97. The SMILES string of the molecule is CC(C)[C@@](C)([NH3+])C#N. The van der Waals surface area contributed by atoms with Gasteiger partial charge in [-0.05, 0) is 0 Å². The molecule has 0 rings (SSSR count). The average Bonchev–Trinajstić information content (AvgIpc) is 1.67. The monoisotopic (exact) mass is 113 g/mol. The lowest BCUT2D eigenvalue weighted by Crippen LogP contribution is -2.72. The molecule has 0 saturated heterocycles. The zero-order valence-electron chi connectivity index (χ0n) is 5.73. The van der Waals surface area contributed by atoms with Crippen LogP contribution in [0.4, 0.5) is 0 Å². The minimum Gasteiger partial charge on any atom is -0.341 e. The molecule has 0 saturated carbocycles. The third-order valence-corrected chi connectivity index (χ3v) is 1.53. The molecule has 3 N–H and O–H groups in total. The molecule has 0 aromatic rings. The van der Waals surface area contributed by atoms with E-state index in [0.29, 0.717) is 5.92 Å². The highest BCUT2D eigenvalue weighted by Crippen LogP contribution is 2.07. The van der Waals surface area contributed by atoms with Crippen molar-refractivity contribution in [2.75, 3.05) is 0 Å². The standard InChI is InChI=1S/C6H12N2/c1-5(2)6(3,8)4-7/h5H,8H2,1-3H3/p+1/t6-/m0/s1. The van der Waals surface area contributed by atoms with Gasteiger partial charge in [0.15, 0.2) is 5.54 Å². The van der Waals surface area contributed by atoms with Crippen molar-refractivity contribution in [1.29, 1.82) is 5.26 Å². The first-order valence-electron chi connectivity index (χ1n) is 2.77. The summed E-state index contributed by atoms with van der Waals surface area (Å²) in [7, 11) is 0. The highest BCUT2D eigenvalue weighted by Gasteiger charge is 2.25. The number of nitriles is 1. The predicted molar refractivity (Wildman–Crippen MR) is 31.7 cm³/mol. The fraction of sp³-hybridized carbons (Fsp3) is 0.833. The van der Waals surface area contributed by atoms with Crippen molar-refractivity contribution in [3.05, 3.63) is 0 Å². The molecule has 0 amide bonds. The predicted octanol–water partition coefficient (Wildman–Crippen LogP) is 0.167. The van der Waals surface area contributed by atoms with E-state index in [1.54, 1.807) is 0 Å². The van der Waals surface area contributed by atoms with E-state index in [1.807, 2.05) is 20.8 Å². The minimum atomic E-state index is -0.403. The van der Waals surface area contributed by atoms with Gasteiger partial charge in [0.25, 0.3) is 0 Å². The van der Waals surface area contributed by atoms with E-state index in [4.69, 9.17) is 5.26 Å². The Bertz CT molecular complexity index is 108. The van der Waals surface area contributed by atoms with Crippen molar-refractivity contribution in [1.82, 2.24) is 0 Å². The van der Waals surface area contributed by atoms with E-state index in [9.17, 15) is 0 Å². The Kier molecular flexibility index (Phi) is 2.00. The lowest BCUT2D eigenvalue weighted by atomic mass is 9.92. The van der Waals surface area contributed by atoms with Crippen molar-refractivity contribution in [3.63, 3.8) is 0 Å². The molecule has 0 aliphatic rings. The molecule has 46 valence electrons. The summed E-state index contributed by atoms with van der Waals surface area (Å²) in [5.74, 6) is 0.340. The molecular weight excluding hydrogens is 100 g/mol. The second-order valence-electron chi connectivity index (χ2n) is 2.68. The van der Waals surface area contributed by atoms with Gasteiger partial charge in [0.1, 0.15) is 6.07 Å². The molecule has 1 atom stereocenters. The fourth-order valence-corrected chi connectivity index (χ4v) is 0.129. The lowest BCUT2D eigenvalue weighted by molar-refractivity contribution is -0.461. The topological polar surface area (TPSA) is 51.4 Å². The minimum absolute atomic E-state index is 0.340. The van der Waals surface area contributed by atoms with Crippen LogP contribution >= 0.6 is 0 Å². The molecule has 0 fully saturated rings. The Labute approximate surface area is 50.3 Å². The molecule has 0 unspecified atom stereocenters. The number of rotatable bonds is 1. The maximum atomic E-state index is 8.45. The average molecular weight is 113 g/mol. The van der Waals surface area contributed by atoms with E-state index >= 15 is 0 Å². The molecular formula is C6H13N2+. The number of nitrogens with zero attached hydrogens (tertiary/aromatic N) is 1. The highest BCUT2D eigenvalue weighted by atomic mass is 14.7. The normalized spacial score (nSPS) is 17.5. The van der Waals surface area contributed by atoms with Crippen molar-refractivity contribution in [2.24, 2.45) is 5.92 Å². The van der Waals surface area contributed by atoms with Crippen LogP contribution in [-0.2, 0) is 0 Å². The summed E-state index contributed by atoms with van der Waals surface area (Å²) >= 11 is 0. The first-order chi connectivity index (χ1) is 3.50. The summed E-state index contributed by atoms with van der Waals surface area (Å²) in [4.78, 5) is 0. The summed E-state index contributed by atoms with van der Waals surface area (Å²) in [6.45, 7) is 5.84. The summed E-state index contributed by atoms with van der Waals surface area (Å²) in [6, 6.07) is 2.13. The van der Waals surface area contributed by atoms with Crippen LogP contribution < -0.4 is 5.73 Å². The van der Waals surface area contributed by atoms with E-state index in [-0.39, 0.29) is 0 Å². The molecule has 2 nitrogen and oxygen atoms in total. The molecule has 0 bridgehead atoms. The van der Waals surface area contributed by atoms with Gasteiger partial charge in [-0.25, -0.2) is 0 Å². The third-order valence-electron chi connectivity index (χ3n) is 1.53. The van der Waals surface area contributed by atoms with E-state index in [0.717, 1.165) is 0 Å². The molecule has 8 heavy (non-hydrogen) atoms. The van der Waals surface area contributed by atoms with E-state index in [2.05, 4.69) is 11.8 Å². The maximum absolute atomic E-state index is 8.45. The van der Waals surface area contributed by atoms with Crippen LogP contribution in [0, 0.1) is 17.2 Å². The van der Waals surface area contributed by atoms with E-state index in [1.165, 1.54) is 0 Å². The molecule has 0 radical (unpaired) electrons. The van der Waals surface area contributed by atoms with Gasteiger partial charge in [0.05, 0.1) is 0 Å². The van der Waals surface area contributed by atoms with Gasteiger partial charge in [-0.1, -0.05) is 13.8 Å². The largest absolute Gasteiger partial charge is 0.341 e. The fourth-order valence-electron chi connectivity index (χ4n) is 0.129. The van der Waals surface area contributed by atoms with Gasteiger partial charge < -0.3 is 5.73 Å². The molecule has 0 aromatic carbocycles. The quantitative estimate of drug-likeness (QED) is 0.517. The van der Waals surface area contributed by atoms with Crippen molar-refractivity contribution in [2.45, 2.75) is 26.3 Å². The molecule has 0 heterocycles. The lowest BCUT2D eigenvalue weighted by Gasteiger charge is -2.14. The Morgan fingerprint density at radius 1 is 1.62 bits per heavy atom. The van der Waals surface area contributed by atoms with Crippen molar-refractivity contribution in [3.8, 4) is 6.07 Å². The number of hydrogen-bond acceptors (Lipinski definition) is 1. The molecule has 0 spiro atoms. The van der Waals surface area contributed by atoms with E-state index < -0.39 is 5.54 Å². The van der Waals surface area contributed by atoms with Crippen LogP contribution in [-0.4, -0.2) is 5.54 Å². The summed E-state index contributed by atoms with van der Waals surface area (Å²) in [5.41, 5.74) is 3.32. The Hall–Kier alpha value is -0.550. The van der Waals surface area contributed by atoms with Crippen molar-refractivity contribution < 1.29 is 5.73 Å².